The lowest BCUT2D eigenvalue weighted by Crippen LogP contribution is -2.03. The summed E-state index contributed by atoms with van der Waals surface area (Å²) < 4.78 is 32.5. The van der Waals surface area contributed by atoms with Crippen LogP contribution in [0.3, 0.4) is 0 Å². The predicted octanol–water partition coefficient (Wildman–Crippen LogP) is 4.94. The minimum atomic E-state index is -0.410. The molecule has 3 rings (SSSR count). The smallest absolute Gasteiger partial charge is 0.203 e. The second-order valence-electron chi connectivity index (χ2n) is 5.81. The summed E-state index contributed by atoms with van der Waals surface area (Å²) in [5, 5.41) is 9.45. The van der Waals surface area contributed by atoms with Crippen LogP contribution < -0.4 is 14.2 Å². The number of hydrogen-bond acceptors (Lipinski definition) is 6. The summed E-state index contributed by atoms with van der Waals surface area (Å²) >= 11 is 7.21. The van der Waals surface area contributed by atoms with E-state index in [1.165, 1.54) is 39.2 Å². The van der Waals surface area contributed by atoms with Crippen LogP contribution in [-0.2, 0) is 0 Å². The lowest BCUT2D eigenvalue weighted by Gasteiger charge is -2.15. The van der Waals surface area contributed by atoms with Crippen molar-refractivity contribution in [1.82, 2.24) is 14.8 Å². The normalized spacial score (nSPS) is 10.7. The van der Waals surface area contributed by atoms with Crippen molar-refractivity contribution >= 4 is 23.4 Å². The predicted molar refractivity (Wildman–Crippen MR) is 112 cm³/mol. The number of hydrogen-bond donors (Lipinski definition) is 0. The van der Waals surface area contributed by atoms with Crippen LogP contribution in [0.1, 0.15) is 0 Å². The number of rotatable bonds is 8. The summed E-state index contributed by atoms with van der Waals surface area (Å²) in [7, 11) is 4.57. The number of benzene rings is 2. The van der Waals surface area contributed by atoms with Gasteiger partial charge in [-0.3, -0.25) is 4.57 Å². The molecule has 0 aliphatic rings. The van der Waals surface area contributed by atoms with Crippen molar-refractivity contribution in [2.75, 3.05) is 27.1 Å². The number of aromatic nitrogens is 3. The SMILES string of the molecule is C=C(Cl)CSc1nnc(-c2cc(OC)c(OC)c(OC)c2)n1-c1ccccc1F. The van der Waals surface area contributed by atoms with E-state index in [9.17, 15) is 4.39 Å². The van der Waals surface area contributed by atoms with Gasteiger partial charge in [-0.25, -0.2) is 4.39 Å². The third-order valence-electron chi connectivity index (χ3n) is 4.01. The van der Waals surface area contributed by atoms with Gasteiger partial charge in [0.2, 0.25) is 5.75 Å². The van der Waals surface area contributed by atoms with Gasteiger partial charge in [-0.05, 0) is 24.3 Å². The second-order valence-corrected chi connectivity index (χ2v) is 7.29. The molecule has 152 valence electrons. The van der Waals surface area contributed by atoms with E-state index in [-0.39, 0.29) is 0 Å². The van der Waals surface area contributed by atoms with Crippen LogP contribution >= 0.6 is 23.4 Å². The maximum atomic E-state index is 14.6. The molecule has 0 amide bonds. The summed E-state index contributed by atoms with van der Waals surface area (Å²) in [6, 6.07) is 9.86. The highest BCUT2D eigenvalue weighted by Gasteiger charge is 2.22. The molecular weight excluding hydrogens is 417 g/mol. The first kappa shape index (κ1) is 21.0. The Kier molecular flexibility index (Phi) is 6.66. The van der Waals surface area contributed by atoms with E-state index < -0.39 is 5.82 Å². The number of nitrogens with zero attached hydrogens (tertiary/aromatic N) is 3. The first-order valence-corrected chi connectivity index (χ1v) is 9.83. The van der Waals surface area contributed by atoms with E-state index in [1.54, 1.807) is 34.9 Å². The molecule has 1 heterocycles. The average molecular weight is 436 g/mol. The molecule has 2 aromatic carbocycles. The Morgan fingerprint density at radius 2 is 1.76 bits per heavy atom. The molecule has 0 saturated carbocycles. The Balaban J connectivity index is 2.22. The second kappa shape index (κ2) is 9.19. The largest absolute Gasteiger partial charge is 0.493 e. The maximum Gasteiger partial charge on any atom is 0.203 e. The zero-order valence-electron chi connectivity index (χ0n) is 16.1. The van der Waals surface area contributed by atoms with E-state index in [1.807, 2.05) is 0 Å². The van der Waals surface area contributed by atoms with E-state index in [0.717, 1.165) is 0 Å². The minimum absolute atomic E-state index is 0.309. The Hall–Kier alpha value is -2.71. The summed E-state index contributed by atoms with van der Waals surface area (Å²) in [6.07, 6.45) is 0. The van der Waals surface area contributed by atoms with Crippen LogP contribution in [-0.4, -0.2) is 41.8 Å². The first-order chi connectivity index (χ1) is 14.0. The molecule has 0 atom stereocenters. The van der Waals surface area contributed by atoms with Gasteiger partial charge < -0.3 is 14.2 Å². The molecule has 29 heavy (non-hydrogen) atoms. The molecule has 0 N–H and O–H groups in total. The maximum absolute atomic E-state index is 14.6. The van der Waals surface area contributed by atoms with Crippen molar-refractivity contribution in [2.24, 2.45) is 0 Å². The molecule has 0 fully saturated rings. The summed E-state index contributed by atoms with van der Waals surface area (Å²) in [4.78, 5) is 0. The molecule has 0 aliphatic carbocycles. The number of thioether (sulfide) groups is 1. The molecule has 0 bridgehead atoms. The highest BCUT2D eigenvalue weighted by Crippen LogP contribution is 2.42. The summed E-state index contributed by atoms with van der Waals surface area (Å²) in [5.41, 5.74) is 0.927. The summed E-state index contributed by atoms with van der Waals surface area (Å²) in [5.74, 6) is 1.76. The van der Waals surface area contributed by atoms with Gasteiger partial charge in [-0.15, -0.1) is 10.2 Å². The molecule has 9 heteroatoms. The van der Waals surface area contributed by atoms with Crippen LogP contribution in [0.25, 0.3) is 17.1 Å². The Bertz CT molecular complexity index is 1020. The van der Waals surface area contributed by atoms with Crippen molar-refractivity contribution < 1.29 is 18.6 Å². The van der Waals surface area contributed by atoms with Crippen LogP contribution in [0.5, 0.6) is 17.2 Å². The van der Waals surface area contributed by atoms with Gasteiger partial charge in [0.25, 0.3) is 0 Å². The van der Waals surface area contributed by atoms with Crippen LogP contribution in [0.2, 0.25) is 0 Å². The zero-order chi connectivity index (χ0) is 21.0. The number of halogens is 2. The van der Waals surface area contributed by atoms with Crippen LogP contribution in [0.15, 0.2) is 53.2 Å². The third-order valence-corrected chi connectivity index (χ3v) is 5.31. The monoisotopic (exact) mass is 435 g/mol. The molecule has 3 aromatic rings. The molecule has 0 radical (unpaired) electrons. The lowest BCUT2D eigenvalue weighted by atomic mass is 10.1. The van der Waals surface area contributed by atoms with Gasteiger partial charge in [0, 0.05) is 16.3 Å². The lowest BCUT2D eigenvalue weighted by molar-refractivity contribution is 0.324. The molecule has 0 aliphatic heterocycles. The molecule has 0 spiro atoms. The van der Waals surface area contributed by atoms with Gasteiger partial charge in [0.1, 0.15) is 5.82 Å². The average Bonchev–Trinajstić information content (AvgIpc) is 3.15. The van der Waals surface area contributed by atoms with E-state index in [0.29, 0.717) is 50.3 Å². The Morgan fingerprint density at radius 3 is 2.31 bits per heavy atom. The quantitative estimate of drug-likeness (QED) is 0.467. The molecule has 0 saturated heterocycles. The topological polar surface area (TPSA) is 58.4 Å². The number of methoxy groups -OCH3 is 3. The fourth-order valence-electron chi connectivity index (χ4n) is 2.75. The van der Waals surface area contributed by atoms with Gasteiger partial charge in [-0.2, -0.15) is 0 Å². The van der Waals surface area contributed by atoms with Crippen LogP contribution in [0.4, 0.5) is 4.39 Å². The fourth-order valence-corrected chi connectivity index (χ4v) is 3.62. The van der Waals surface area contributed by atoms with Crippen molar-refractivity contribution in [3.63, 3.8) is 0 Å². The molecule has 1 aromatic heterocycles. The van der Waals surface area contributed by atoms with E-state index >= 15 is 0 Å². The van der Waals surface area contributed by atoms with E-state index in [2.05, 4.69) is 16.8 Å². The Morgan fingerprint density at radius 1 is 1.10 bits per heavy atom. The number of para-hydroxylation sites is 1. The van der Waals surface area contributed by atoms with Gasteiger partial charge in [-0.1, -0.05) is 42.1 Å². The van der Waals surface area contributed by atoms with Gasteiger partial charge >= 0.3 is 0 Å². The third kappa shape index (κ3) is 4.33. The van der Waals surface area contributed by atoms with E-state index in [4.69, 9.17) is 25.8 Å². The van der Waals surface area contributed by atoms with Gasteiger partial charge in [0.05, 0.1) is 27.0 Å². The van der Waals surface area contributed by atoms with Crippen molar-refractivity contribution in [3.8, 4) is 34.3 Å². The van der Waals surface area contributed by atoms with Crippen LogP contribution in [0, 0.1) is 5.82 Å². The van der Waals surface area contributed by atoms with Gasteiger partial charge in [0.15, 0.2) is 22.5 Å². The summed E-state index contributed by atoms with van der Waals surface area (Å²) in [6.45, 7) is 3.69. The minimum Gasteiger partial charge on any atom is -0.493 e. The van der Waals surface area contributed by atoms with Crippen molar-refractivity contribution in [2.45, 2.75) is 5.16 Å². The van der Waals surface area contributed by atoms with Crippen molar-refractivity contribution in [3.05, 3.63) is 53.8 Å². The first-order valence-electron chi connectivity index (χ1n) is 8.47. The number of ether oxygens (including phenoxy) is 3. The standard InChI is InChI=1S/C20H19ClFN3O3S/c1-12(21)11-29-20-24-23-19(25(20)15-8-6-5-7-14(15)22)13-9-16(26-2)18(28-4)17(10-13)27-3/h5-10H,1,11H2,2-4H3. The Labute approximate surface area is 177 Å². The highest BCUT2D eigenvalue weighted by molar-refractivity contribution is 7.99. The van der Waals surface area contributed by atoms with Crippen molar-refractivity contribution in [1.29, 1.82) is 0 Å². The fraction of sp³-hybridized carbons (Fsp3) is 0.200. The molecule has 0 unspecified atom stereocenters. The molecule has 6 nitrogen and oxygen atoms in total. The molecular formula is C20H19ClFN3O3S. The zero-order valence-corrected chi connectivity index (χ0v) is 17.7. The highest BCUT2D eigenvalue weighted by atomic mass is 35.5.